The first-order chi connectivity index (χ1) is 9.31. The molecule has 114 valence electrons. The Hall–Kier alpha value is -0.810. The van der Waals surface area contributed by atoms with E-state index in [0.717, 1.165) is 32.5 Å². The van der Waals surface area contributed by atoms with E-state index in [9.17, 15) is 4.79 Å². The second kappa shape index (κ2) is 4.60. The SMILES string of the molecule is CN1CC2C(CC3(COC(C)(C)C)CCCN23)OC1=O. The Balaban J connectivity index is 1.76. The largest absolute Gasteiger partial charge is 0.444 e. The van der Waals surface area contributed by atoms with Crippen molar-refractivity contribution in [3.63, 3.8) is 0 Å². The van der Waals surface area contributed by atoms with Crippen LogP contribution < -0.4 is 0 Å². The van der Waals surface area contributed by atoms with Gasteiger partial charge in [-0.05, 0) is 40.2 Å². The highest BCUT2D eigenvalue weighted by atomic mass is 16.6. The molecule has 0 aromatic heterocycles. The third kappa shape index (κ3) is 2.31. The molecule has 3 unspecified atom stereocenters. The van der Waals surface area contributed by atoms with Crippen LogP contribution in [-0.4, -0.2) is 65.9 Å². The van der Waals surface area contributed by atoms with Gasteiger partial charge in [0.05, 0.1) is 18.2 Å². The highest BCUT2D eigenvalue weighted by Crippen LogP contribution is 2.45. The van der Waals surface area contributed by atoms with E-state index in [1.54, 1.807) is 4.90 Å². The number of rotatable bonds is 2. The summed E-state index contributed by atoms with van der Waals surface area (Å²) < 4.78 is 11.7. The number of hydrogen-bond donors (Lipinski definition) is 0. The standard InChI is InChI=1S/C15H26N2O3/c1-14(2,3)19-10-15-6-5-7-17(15)11-9-16(4)13(18)20-12(11)8-15/h11-12H,5-10H2,1-4H3. The number of ether oxygens (including phenoxy) is 2. The number of carbonyl (C=O) groups excluding carboxylic acids is 1. The maximum Gasteiger partial charge on any atom is 0.409 e. The van der Waals surface area contributed by atoms with Gasteiger partial charge in [0, 0.05) is 25.6 Å². The van der Waals surface area contributed by atoms with Gasteiger partial charge in [0.2, 0.25) is 0 Å². The Morgan fingerprint density at radius 1 is 1.45 bits per heavy atom. The van der Waals surface area contributed by atoms with E-state index in [2.05, 4.69) is 25.7 Å². The fraction of sp³-hybridized carbons (Fsp3) is 0.933. The van der Waals surface area contributed by atoms with Crippen LogP contribution in [-0.2, 0) is 9.47 Å². The minimum Gasteiger partial charge on any atom is -0.444 e. The number of carbonyl (C=O) groups is 1. The predicted octanol–water partition coefficient (Wildman–Crippen LogP) is 1.86. The van der Waals surface area contributed by atoms with Gasteiger partial charge < -0.3 is 14.4 Å². The van der Waals surface area contributed by atoms with Gasteiger partial charge in [0.15, 0.2) is 0 Å². The van der Waals surface area contributed by atoms with Crippen molar-refractivity contribution in [3.8, 4) is 0 Å². The zero-order chi connectivity index (χ0) is 14.5. The van der Waals surface area contributed by atoms with Gasteiger partial charge in [-0.2, -0.15) is 0 Å². The summed E-state index contributed by atoms with van der Waals surface area (Å²) in [5.74, 6) is 0. The fourth-order valence-corrected chi connectivity index (χ4v) is 3.88. The van der Waals surface area contributed by atoms with Gasteiger partial charge in [-0.15, -0.1) is 0 Å². The number of likely N-dealkylation sites (N-methyl/N-ethyl adjacent to an activating group) is 1. The Bertz CT molecular complexity index is 406. The first kappa shape index (κ1) is 14.1. The van der Waals surface area contributed by atoms with Gasteiger partial charge in [-0.1, -0.05) is 0 Å². The third-order valence-corrected chi connectivity index (χ3v) is 4.86. The molecule has 3 heterocycles. The van der Waals surface area contributed by atoms with E-state index in [0.29, 0.717) is 6.04 Å². The number of amides is 1. The lowest BCUT2D eigenvalue weighted by Gasteiger charge is -2.38. The number of nitrogens with zero attached hydrogens (tertiary/aromatic N) is 2. The maximum absolute atomic E-state index is 11.7. The van der Waals surface area contributed by atoms with Crippen molar-refractivity contribution in [2.24, 2.45) is 0 Å². The maximum atomic E-state index is 11.7. The van der Waals surface area contributed by atoms with Gasteiger partial charge >= 0.3 is 6.09 Å². The molecule has 1 amide bonds. The minimum atomic E-state index is -0.181. The number of fused-ring (bicyclic) bond motifs is 3. The molecule has 20 heavy (non-hydrogen) atoms. The van der Waals surface area contributed by atoms with E-state index >= 15 is 0 Å². The zero-order valence-corrected chi connectivity index (χ0v) is 13.0. The van der Waals surface area contributed by atoms with E-state index in [1.807, 2.05) is 7.05 Å². The molecule has 3 saturated heterocycles. The summed E-state index contributed by atoms with van der Waals surface area (Å²) in [4.78, 5) is 16.0. The van der Waals surface area contributed by atoms with Crippen LogP contribution in [0.15, 0.2) is 0 Å². The average Bonchev–Trinajstić information content (AvgIpc) is 2.85. The fourth-order valence-electron chi connectivity index (χ4n) is 3.88. The molecule has 5 heteroatoms. The normalized spacial score (nSPS) is 37.8. The van der Waals surface area contributed by atoms with Crippen LogP contribution in [0.25, 0.3) is 0 Å². The molecule has 3 atom stereocenters. The van der Waals surface area contributed by atoms with Crippen molar-refractivity contribution < 1.29 is 14.3 Å². The molecular formula is C15H26N2O3. The van der Waals surface area contributed by atoms with E-state index < -0.39 is 0 Å². The van der Waals surface area contributed by atoms with Gasteiger partial charge in [-0.25, -0.2) is 4.79 Å². The average molecular weight is 282 g/mol. The van der Waals surface area contributed by atoms with Gasteiger partial charge in [0.1, 0.15) is 6.10 Å². The van der Waals surface area contributed by atoms with Crippen molar-refractivity contribution in [3.05, 3.63) is 0 Å². The first-order valence-corrected chi connectivity index (χ1v) is 7.63. The van der Waals surface area contributed by atoms with Crippen LogP contribution >= 0.6 is 0 Å². The molecule has 0 aliphatic carbocycles. The molecule has 0 bridgehead atoms. The van der Waals surface area contributed by atoms with Crippen molar-refractivity contribution in [2.75, 3.05) is 26.7 Å². The molecule has 3 fully saturated rings. The second-order valence-corrected chi connectivity index (χ2v) is 7.50. The summed E-state index contributed by atoms with van der Waals surface area (Å²) in [5.41, 5.74) is -0.0433. The lowest BCUT2D eigenvalue weighted by atomic mass is 9.93. The lowest BCUT2D eigenvalue weighted by molar-refractivity contribution is -0.0578. The topological polar surface area (TPSA) is 42.0 Å². The molecule has 5 nitrogen and oxygen atoms in total. The second-order valence-electron chi connectivity index (χ2n) is 7.50. The summed E-state index contributed by atoms with van der Waals surface area (Å²) >= 11 is 0. The minimum absolute atomic E-state index is 0.0440. The summed E-state index contributed by atoms with van der Waals surface area (Å²) in [5, 5.41) is 0. The Kier molecular flexibility index (Phi) is 3.25. The molecule has 0 spiro atoms. The first-order valence-electron chi connectivity index (χ1n) is 7.63. The highest BCUT2D eigenvalue weighted by molar-refractivity contribution is 5.68. The van der Waals surface area contributed by atoms with E-state index in [4.69, 9.17) is 9.47 Å². The lowest BCUT2D eigenvalue weighted by Crippen LogP contribution is -2.54. The highest BCUT2D eigenvalue weighted by Gasteiger charge is 2.57. The monoisotopic (exact) mass is 282 g/mol. The molecule has 0 N–H and O–H groups in total. The predicted molar refractivity (Wildman–Crippen MR) is 75.7 cm³/mol. The summed E-state index contributed by atoms with van der Waals surface area (Å²) in [6.45, 7) is 8.90. The van der Waals surface area contributed by atoms with Crippen LogP contribution in [0.4, 0.5) is 4.79 Å². The van der Waals surface area contributed by atoms with E-state index in [1.165, 1.54) is 6.42 Å². The van der Waals surface area contributed by atoms with Crippen LogP contribution in [0.1, 0.15) is 40.0 Å². The van der Waals surface area contributed by atoms with Crippen molar-refractivity contribution in [2.45, 2.75) is 63.3 Å². The molecule has 3 aliphatic rings. The Morgan fingerprint density at radius 2 is 2.20 bits per heavy atom. The van der Waals surface area contributed by atoms with Crippen LogP contribution in [0.5, 0.6) is 0 Å². The Morgan fingerprint density at radius 3 is 2.90 bits per heavy atom. The smallest absolute Gasteiger partial charge is 0.409 e. The van der Waals surface area contributed by atoms with Crippen LogP contribution in [0, 0.1) is 0 Å². The molecule has 0 aromatic rings. The molecular weight excluding hydrogens is 256 g/mol. The van der Waals surface area contributed by atoms with Crippen LogP contribution in [0.2, 0.25) is 0 Å². The van der Waals surface area contributed by atoms with E-state index in [-0.39, 0.29) is 23.3 Å². The quantitative estimate of drug-likeness (QED) is 0.775. The number of hydrogen-bond acceptors (Lipinski definition) is 4. The summed E-state index contributed by atoms with van der Waals surface area (Å²) in [6.07, 6.45) is 3.15. The Labute approximate surface area is 121 Å². The molecule has 3 rings (SSSR count). The molecule has 0 saturated carbocycles. The van der Waals surface area contributed by atoms with Crippen molar-refractivity contribution >= 4 is 6.09 Å². The van der Waals surface area contributed by atoms with Crippen molar-refractivity contribution in [1.82, 2.24) is 9.80 Å². The summed E-state index contributed by atoms with van der Waals surface area (Å²) in [6, 6.07) is 0.337. The molecule has 0 radical (unpaired) electrons. The van der Waals surface area contributed by atoms with Crippen molar-refractivity contribution in [1.29, 1.82) is 0 Å². The van der Waals surface area contributed by atoms with Gasteiger partial charge in [-0.3, -0.25) is 4.90 Å². The van der Waals surface area contributed by atoms with Gasteiger partial charge in [0.25, 0.3) is 0 Å². The molecule has 3 aliphatic heterocycles. The molecule has 0 aromatic carbocycles. The third-order valence-electron chi connectivity index (χ3n) is 4.86. The summed E-state index contributed by atoms with van der Waals surface area (Å²) in [7, 11) is 1.82. The zero-order valence-electron chi connectivity index (χ0n) is 13.0. The van der Waals surface area contributed by atoms with Crippen LogP contribution in [0.3, 0.4) is 0 Å².